The zero-order valence-corrected chi connectivity index (χ0v) is 21.7. The van der Waals surface area contributed by atoms with Crippen molar-refractivity contribution in [2.24, 2.45) is 5.92 Å². The molecule has 0 saturated carbocycles. The average molecular weight is 484 g/mol. The van der Waals surface area contributed by atoms with E-state index in [1.165, 1.54) is 12.8 Å². The number of benzene rings is 1. The number of β-amino-alcohol motifs (C(OH)–C–C–N with tert-alkyl or cyclic N) is 1. The molecule has 2 saturated heterocycles. The van der Waals surface area contributed by atoms with Crippen LogP contribution in [0.3, 0.4) is 0 Å². The number of aliphatic hydroxyl groups is 1. The summed E-state index contributed by atoms with van der Waals surface area (Å²) in [5.74, 6) is 3.27. The van der Waals surface area contributed by atoms with Crippen LogP contribution in [-0.2, 0) is 6.54 Å². The second-order valence-electron chi connectivity index (χ2n) is 10.4. The Labute approximate surface area is 209 Å². The summed E-state index contributed by atoms with van der Waals surface area (Å²) >= 11 is 0. The molecule has 35 heavy (non-hydrogen) atoms. The number of likely N-dealkylation sites (N-methyl/N-ethyl adjacent to an activating group) is 1. The summed E-state index contributed by atoms with van der Waals surface area (Å²) in [6.45, 7) is 10.9. The van der Waals surface area contributed by atoms with Gasteiger partial charge in [-0.15, -0.1) is 0 Å². The van der Waals surface area contributed by atoms with Gasteiger partial charge in [0.05, 0.1) is 12.7 Å². The van der Waals surface area contributed by atoms with Crippen LogP contribution in [0.15, 0.2) is 30.6 Å². The highest BCUT2D eigenvalue weighted by Crippen LogP contribution is 2.30. The number of nitrogens with zero attached hydrogens (tertiary/aromatic N) is 5. The molecule has 0 aliphatic carbocycles. The van der Waals surface area contributed by atoms with Crippen molar-refractivity contribution in [3.63, 3.8) is 0 Å². The number of piperidine rings is 1. The number of anilines is 1. The maximum Gasteiger partial charge on any atom is 0.161 e. The quantitative estimate of drug-likeness (QED) is 0.553. The van der Waals surface area contributed by atoms with Crippen LogP contribution in [0.4, 0.5) is 5.82 Å². The van der Waals surface area contributed by atoms with E-state index in [1.807, 2.05) is 32.2 Å². The van der Waals surface area contributed by atoms with E-state index in [0.29, 0.717) is 26.1 Å². The molecular formula is C27H41N5O3. The number of likely N-dealkylation sites (tertiary alicyclic amines) is 1. The van der Waals surface area contributed by atoms with Crippen molar-refractivity contribution in [2.45, 2.75) is 45.3 Å². The number of hydrogen-bond acceptors (Lipinski definition) is 8. The van der Waals surface area contributed by atoms with Gasteiger partial charge >= 0.3 is 0 Å². The lowest BCUT2D eigenvalue weighted by atomic mass is 9.99. The maximum absolute atomic E-state index is 11.2. The van der Waals surface area contributed by atoms with Crippen LogP contribution in [0.25, 0.3) is 0 Å². The van der Waals surface area contributed by atoms with Gasteiger partial charge in [-0.3, -0.25) is 9.80 Å². The van der Waals surface area contributed by atoms with E-state index >= 15 is 0 Å². The first-order valence-electron chi connectivity index (χ1n) is 12.8. The first kappa shape index (κ1) is 25.7. The number of methoxy groups -OCH3 is 1. The molecule has 4 rings (SSSR count). The van der Waals surface area contributed by atoms with Gasteiger partial charge in [0.2, 0.25) is 0 Å². The number of ether oxygens (including phenoxy) is 2. The van der Waals surface area contributed by atoms with Crippen LogP contribution in [0.1, 0.15) is 37.4 Å². The molecule has 2 aliphatic heterocycles. The van der Waals surface area contributed by atoms with Crippen LogP contribution in [0.5, 0.6) is 11.5 Å². The van der Waals surface area contributed by atoms with Crippen molar-refractivity contribution in [2.75, 3.05) is 64.9 Å². The van der Waals surface area contributed by atoms with Gasteiger partial charge in [-0.25, -0.2) is 9.97 Å². The molecule has 1 atom stereocenters. The van der Waals surface area contributed by atoms with Crippen molar-refractivity contribution < 1.29 is 14.6 Å². The van der Waals surface area contributed by atoms with Crippen molar-refractivity contribution >= 4 is 5.82 Å². The van der Waals surface area contributed by atoms with E-state index in [0.717, 1.165) is 67.2 Å². The summed E-state index contributed by atoms with van der Waals surface area (Å²) < 4.78 is 11.7. The Kier molecular flexibility index (Phi) is 8.46. The predicted molar refractivity (Wildman–Crippen MR) is 138 cm³/mol. The lowest BCUT2D eigenvalue weighted by molar-refractivity contribution is 0.0279. The molecule has 192 valence electrons. The molecule has 0 unspecified atom stereocenters. The number of hydrogen-bond donors (Lipinski definition) is 1. The molecule has 1 aromatic carbocycles. The summed E-state index contributed by atoms with van der Waals surface area (Å²) in [4.78, 5) is 15.3. The first-order chi connectivity index (χ1) is 16.8. The molecule has 8 heteroatoms. The minimum atomic E-state index is -0.771. The molecule has 0 spiro atoms. The largest absolute Gasteiger partial charge is 0.493 e. The van der Waals surface area contributed by atoms with E-state index in [-0.39, 0.29) is 0 Å². The molecule has 2 aliphatic rings. The Balaban J connectivity index is 1.27. The minimum Gasteiger partial charge on any atom is -0.493 e. The highest BCUT2D eigenvalue weighted by Gasteiger charge is 2.37. The molecular weight excluding hydrogens is 442 g/mol. The van der Waals surface area contributed by atoms with Gasteiger partial charge in [0.15, 0.2) is 11.5 Å². The average Bonchev–Trinajstić information content (AvgIpc) is 3.22. The highest BCUT2D eigenvalue weighted by molar-refractivity contribution is 5.43. The van der Waals surface area contributed by atoms with Crippen molar-refractivity contribution in [3.8, 4) is 11.5 Å². The molecule has 2 aromatic rings. The highest BCUT2D eigenvalue weighted by atomic mass is 16.5. The van der Waals surface area contributed by atoms with E-state index in [2.05, 4.69) is 37.7 Å². The molecule has 3 heterocycles. The number of rotatable bonds is 10. The van der Waals surface area contributed by atoms with Gasteiger partial charge < -0.3 is 19.5 Å². The zero-order valence-electron chi connectivity index (χ0n) is 21.7. The fourth-order valence-corrected chi connectivity index (χ4v) is 5.16. The Morgan fingerprint density at radius 3 is 2.69 bits per heavy atom. The summed E-state index contributed by atoms with van der Waals surface area (Å²) in [6.07, 6.45) is 4.85. The molecule has 1 aromatic heterocycles. The third kappa shape index (κ3) is 7.06. The maximum atomic E-state index is 11.2. The third-order valence-electron chi connectivity index (χ3n) is 7.23. The standard InChI is InChI=1S/C27H41N5O3/c1-21-7-10-31(11-8-21)13-14-35-24-6-5-23(16-25(24)34-4)17-30(3)18-27(33)9-12-32(19-27)26-15-22(2)28-20-29-26/h5-6,15-16,20-21,33H,7-14,17-19H2,1-4H3/t27-/m0/s1. The normalized spacial score (nSPS) is 21.6. The minimum absolute atomic E-state index is 0.569. The van der Waals surface area contributed by atoms with Gasteiger partial charge in [-0.1, -0.05) is 13.0 Å². The van der Waals surface area contributed by atoms with Crippen LogP contribution >= 0.6 is 0 Å². The first-order valence-corrected chi connectivity index (χ1v) is 12.8. The lowest BCUT2D eigenvalue weighted by Gasteiger charge is -2.30. The summed E-state index contributed by atoms with van der Waals surface area (Å²) in [5, 5.41) is 11.2. The number of aromatic nitrogens is 2. The summed E-state index contributed by atoms with van der Waals surface area (Å²) in [6, 6.07) is 8.11. The van der Waals surface area contributed by atoms with E-state index in [9.17, 15) is 5.11 Å². The molecule has 0 bridgehead atoms. The van der Waals surface area contributed by atoms with Gasteiger partial charge in [-0.2, -0.15) is 0 Å². The van der Waals surface area contributed by atoms with Crippen molar-refractivity contribution in [1.82, 2.24) is 19.8 Å². The van der Waals surface area contributed by atoms with Crippen LogP contribution in [-0.4, -0.2) is 90.5 Å². The fraction of sp³-hybridized carbons (Fsp3) is 0.630. The Hall–Kier alpha value is -2.42. The topological polar surface area (TPSA) is 74.2 Å². The zero-order chi connectivity index (χ0) is 24.8. The van der Waals surface area contributed by atoms with Gasteiger partial charge in [-0.05, 0) is 69.9 Å². The Bertz CT molecular complexity index is 966. The second-order valence-corrected chi connectivity index (χ2v) is 10.4. The monoisotopic (exact) mass is 483 g/mol. The lowest BCUT2D eigenvalue weighted by Crippen LogP contribution is -2.43. The van der Waals surface area contributed by atoms with E-state index in [1.54, 1.807) is 13.4 Å². The van der Waals surface area contributed by atoms with E-state index < -0.39 is 5.60 Å². The smallest absolute Gasteiger partial charge is 0.161 e. The molecule has 0 amide bonds. The Morgan fingerprint density at radius 1 is 1.14 bits per heavy atom. The predicted octanol–water partition coefficient (Wildman–Crippen LogP) is 2.98. The SMILES string of the molecule is COc1cc(CN(C)C[C@@]2(O)CCN(c3cc(C)ncn3)C2)ccc1OCCN1CCC(C)CC1. The molecule has 0 radical (unpaired) electrons. The van der Waals surface area contributed by atoms with Crippen LogP contribution in [0.2, 0.25) is 0 Å². The molecule has 2 fully saturated rings. The van der Waals surface area contributed by atoms with Gasteiger partial charge in [0.1, 0.15) is 18.8 Å². The summed E-state index contributed by atoms with van der Waals surface area (Å²) in [7, 11) is 3.73. The molecule has 8 nitrogen and oxygen atoms in total. The van der Waals surface area contributed by atoms with Gasteiger partial charge in [0.25, 0.3) is 0 Å². The summed E-state index contributed by atoms with van der Waals surface area (Å²) in [5.41, 5.74) is 1.30. The van der Waals surface area contributed by atoms with Crippen LogP contribution < -0.4 is 14.4 Å². The Morgan fingerprint density at radius 2 is 1.94 bits per heavy atom. The molecule has 1 N–H and O–H groups in total. The fourth-order valence-electron chi connectivity index (χ4n) is 5.16. The van der Waals surface area contributed by atoms with Crippen molar-refractivity contribution in [3.05, 3.63) is 41.9 Å². The van der Waals surface area contributed by atoms with Crippen molar-refractivity contribution in [1.29, 1.82) is 0 Å². The van der Waals surface area contributed by atoms with Crippen LogP contribution in [0, 0.1) is 12.8 Å². The second kappa shape index (κ2) is 11.5. The van der Waals surface area contributed by atoms with Gasteiger partial charge in [0, 0.05) is 44.5 Å². The van der Waals surface area contributed by atoms with E-state index in [4.69, 9.17) is 9.47 Å². The number of aryl methyl sites for hydroxylation is 1. The third-order valence-corrected chi connectivity index (χ3v) is 7.23.